The first-order chi connectivity index (χ1) is 20.7. The predicted octanol–water partition coefficient (Wildman–Crippen LogP) is 3.24. The van der Waals surface area contributed by atoms with E-state index in [0.29, 0.717) is 24.0 Å². The van der Waals surface area contributed by atoms with Crippen molar-refractivity contribution in [3.05, 3.63) is 53.1 Å². The molecule has 2 N–H and O–H groups in total. The molecule has 3 heterocycles. The molecular weight excluding hydrogens is 605 g/mol. The largest absolute Gasteiger partial charge is 0.463 e. The van der Waals surface area contributed by atoms with Crippen LogP contribution in [-0.2, 0) is 32.9 Å². The minimum atomic E-state index is -4.26. The van der Waals surface area contributed by atoms with Crippen LogP contribution in [0, 0.1) is 5.92 Å². The Labute approximate surface area is 253 Å². The number of aromatic nitrogens is 2. The summed E-state index contributed by atoms with van der Waals surface area (Å²) in [5, 5.41) is 0. The van der Waals surface area contributed by atoms with Crippen molar-refractivity contribution in [3.8, 4) is 5.75 Å². The third kappa shape index (κ3) is 7.81. The van der Waals surface area contributed by atoms with E-state index in [9.17, 15) is 18.9 Å². The van der Waals surface area contributed by atoms with Crippen molar-refractivity contribution in [2.24, 2.45) is 5.92 Å². The highest BCUT2D eigenvalue weighted by molar-refractivity contribution is 7.54. The second kappa shape index (κ2) is 13.7. The molecule has 2 aromatic rings. The minimum absolute atomic E-state index is 0.141. The van der Waals surface area contributed by atoms with Gasteiger partial charge in [0.2, 0.25) is 6.23 Å². The lowest BCUT2D eigenvalue weighted by Crippen LogP contribution is -2.47. The van der Waals surface area contributed by atoms with E-state index in [4.69, 9.17) is 29.0 Å². The molecular formula is C28H37F2N4O9P. The second-order valence-corrected chi connectivity index (χ2v) is 13.1. The van der Waals surface area contributed by atoms with Crippen LogP contribution >= 0.6 is 7.60 Å². The normalized spacial score (nSPS) is 25.3. The van der Waals surface area contributed by atoms with Crippen molar-refractivity contribution < 1.29 is 46.2 Å². The summed E-state index contributed by atoms with van der Waals surface area (Å²) >= 11 is 0. The zero-order valence-electron chi connectivity index (χ0n) is 24.8. The number of benzene rings is 1. The standard InChI is InChI=1S/C28H37F2N4O9P/c1-17(2)40-24(35)18(3)16-44(38,43-19-9-6-5-7-10-19)39-15-21-23(42-25(36)20-11-8-13-33(20)4)28(29,30)26(41-21)34-14-12-22(31)32-27(34)37/h5-7,9-10,12,14,17-18,20-21,23,26H,8,11,13,15-16H2,1-4H3,(H2,31,32,37)/t18-,20+,21-,23-,26-,44?/m1/s1. The number of nitrogens with zero attached hydrogens (tertiary/aromatic N) is 3. The molecule has 2 aliphatic rings. The molecule has 44 heavy (non-hydrogen) atoms. The molecule has 2 fully saturated rings. The average Bonchev–Trinajstić information content (AvgIpc) is 3.48. The molecule has 0 amide bonds. The van der Waals surface area contributed by atoms with Gasteiger partial charge in [-0.1, -0.05) is 25.1 Å². The van der Waals surface area contributed by atoms with Gasteiger partial charge in [0.1, 0.15) is 23.7 Å². The van der Waals surface area contributed by atoms with Gasteiger partial charge in [0.15, 0.2) is 6.10 Å². The fourth-order valence-electron chi connectivity index (χ4n) is 4.97. The molecule has 1 aromatic heterocycles. The Bertz CT molecular complexity index is 1430. The Morgan fingerprint density at radius 3 is 2.52 bits per heavy atom. The molecule has 0 spiro atoms. The summed E-state index contributed by atoms with van der Waals surface area (Å²) in [6, 6.07) is 8.33. The van der Waals surface area contributed by atoms with Gasteiger partial charge in [-0.3, -0.25) is 23.6 Å². The summed E-state index contributed by atoms with van der Waals surface area (Å²) in [4.78, 5) is 43.2. The molecule has 1 unspecified atom stereocenters. The SMILES string of the molecule is CC(C)OC(=O)[C@H](C)CP(=O)(OC[C@H]1O[C@@H](n2ccc(N)nc2=O)C(F)(F)[C@@H]1OC(=O)[C@@H]1CCCN1C)Oc1ccccc1. The lowest BCUT2D eigenvalue weighted by molar-refractivity contribution is -0.180. The number of halogens is 2. The van der Waals surface area contributed by atoms with Crippen LogP contribution in [0.5, 0.6) is 5.75 Å². The number of carbonyl (C=O) groups excluding carboxylic acids is 2. The number of likely N-dealkylation sites (N-methyl/N-ethyl adjacent to an activating group) is 1. The highest BCUT2D eigenvalue weighted by atomic mass is 31.2. The van der Waals surface area contributed by atoms with Gasteiger partial charge in [0.25, 0.3) is 0 Å². The van der Waals surface area contributed by atoms with Crippen molar-refractivity contribution in [1.29, 1.82) is 0 Å². The van der Waals surface area contributed by atoms with E-state index in [2.05, 4.69) is 4.98 Å². The summed E-state index contributed by atoms with van der Waals surface area (Å²) in [7, 11) is -2.59. The minimum Gasteiger partial charge on any atom is -0.463 e. The number of rotatable bonds is 12. The van der Waals surface area contributed by atoms with Crippen LogP contribution in [0.25, 0.3) is 0 Å². The molecule has 0 bridgehead atoms. The molecule has 6 atom stereocenters. The fourth-order valence-corrected chi connectivity index (χ4v) is 6.84. The maximum atomic E-state index is 16.0. The van der Waals surface area contributed by atoms with Crippen LogP contribution in [0.15, 0.2) is 47.4 Å². The first-order valence-corrected chi connectivity index (χ1v) is 15.9. The van der Waals surface area contributed by atoms with E-state index in [-0.39, 0.29) is 11.6 Å². The Kier molecular flexibility index (Phi) is 10.4. The van der Waals surface area contributed by atoms with Crippen LogP contribution in [0.1, 0.15) is 39.8 Å². The molecule has 2 aliphatic heterocycles. The zero-order valence-corrected chi connectivity index (χ0v) is 25.7. The maximum Gasteiger partial charge on any atom is 0.380 e. The molecule has 1 aromatic carbocycles. The highest BCUT2D eigenvalue weighted by Crippen LogP contribution is 2.52. The molecule has 16 heteroatoms. The van der Waals surface area contributed by atoms with Crippen molar-refractivity contribution in [1.82, 2.24) is 14.5 Å². The van der Waals surface area contributed by atoms with Crippen molar-refractivity contribution in [2.75, 3.05) is 32.1 Å². The fraction of sp³-hybridized carbons (Fsp3) is 0.571. The number of carbonyl (C=O) groups is 2. The van der Waals surface area contributed by atoms with Gasteiger partial charge in [-0.05, 0) is 58.5 Å². The summed E-state index contributed by atoms with van der Waals surface area (Å²) in [6.07, 6.45) is -5.04. The second-order valence-electron chi connectivity index (χ2n) is 11.1. The monoisotopic (exact) mass is 642 g/mol. The number of hydrogen-bond donors (Lipinski definition) is 1. The first-order valence-electron chi connectivity index (χ1n) is 14.2. The lowest BCUT2D eigenvalue weighted by atomic mass is 10.1. The van der Waals surface area contributed by atoms with Crippen LogP contribution < -0.4 is 15.9 Å². The molecule has 4 rings (SSSR count). The van der Waals surface area contributed by atoms with E-state index < -0.39 is 80.4 Å². The molecule has 0 radical (unpaired) electrons. The van der Waals surface area contributed by atoms with E-state index in [1.54, 1.807) is 44.0 Å². The Balaban J connectivity index is 1.62. The van der Waals surface area contributed by atoms with E-state index in [0.717, 1.165) is 12.3 Å². The molecule has 13 nitrogen and oxygen atoms in total. The Hall–Kier alpha value is -3.39. The van der Waals surface area contributed by atoms with Gasteiger partial charge in [0, 0.05) is 6.20 Å². The number of nitrogens with two attached hydrogens (primary N) is 1. The number of esters is 2. The molecule has 2 saturated heterocycles. The van der Waals surface area contributed by atoms with Gasteiger partial charge in [-0.25, -0.2) is 9.36 Å². The molecule has 0 aliphatic carbocycles. The quantitative estimate of drug-likeness (QED) is 0.266. The Morgan fingerprint density at radius 2 is 1.91 bits per heavy atom. The van der Waals surface area contributed by atoms with Gasteiger partial charge >= 0.3 is 31.1 Å². The summed E-state index contributed by atoms with van der Waals surface area (Å²) in [5.41, 5.74) is 4.40. The van der Waals surface area contributed by atoms with E-state index in [1.165, 1.54) is 19.1 Å². The number of likely N-dealkylation sites (tertiary alicyclic amines) is 1. The summed E-state index contributed by atoms with van der Waals surface area (Å²) in [6.45, 7) is 4.55. The Morgan fingerprint density at radius 1 is 1.20 bits per heavy atom. The number of alkyl halides is 2. The number of nitrogen functional groups attached to an aromatic ring is 1. The van der Waals surface area contributed by atoms with Gasteiger partial charge in [-0.2, -0.15) is 13.8 Å². The molecule has 0 saturated carbocycles. The van der Waals surface area contributed by atoms with Crippen molar-refractivity contribution in [3.63, 3.8) is 0 Å². The molecule has 242 valence electrons. The summed E-state index contributed by atoms with van der Waals surface area (Å²) < 4.78 is 74.0. The maximum absolute atomic E-state index is 16.0. The van der Waals surface area contributed by atoms with Gasteiger partial charge in [-0.15, -0.1) is 0 Å². The number of anilines is 1. The zero-order chi connectivity index (χ0) is 32.2. The van der Waals surface area contributed by atoms with Gasteiger partial charge < -0.3 is 24.5 Å². The van der Waals surface area contributed by atoms with Crippen LogP contribution in [0.4, 0.5) is 14.6 Å². The topological polar surface area (TPSA) is 162 Å². The highest BCUT2D eigenvalue weighted by Gasteiger charge is 2.63. The van der Waals surface area contributed by atoms with E-state index >= 15 is 8.78 Å². The summed E-state index contributed by atoms with van der Waals surface area (Å²) in [5.74, 6) is -6.53. The number of ether oxygens (including phenoxy) is 3. The predicted molar refractivity (Wildman–Crippen MR) is 153 cm³/mol. The third-order valence-corrected chi connectivity index (χ3v) is 9.19. The van der Waals surface area contributed by atoms with Crippen LogP contribution in [0.2, 0.25) is 0 Å². The van der Waals surface area contributed by atoms with Gasteiger partial charge in [0.05, 0.1) is 24.8 Å². The van der Waals surface area contributed by atoms with Crippen LogP contribution in [-0.4, -0.2) is 83.0 Å². The van der Waals surface area contributed by atoms with Crippen molar-refractivity contribution in [2.45, 2.75) is 70.1 Å². The lowest BCUT2D eigenvalue weighted by Gasteiger charge is -2.27. The number of hydrogen-bond acceptors (Lipinski definition) is 12. The number of para-hydroxylation sites is 1. The van der Waals surface area contributed by atoms with Crippen LogP contribution in [0.3, 0.4) is 0 Å². The smallest absolute Gasteiger partial charge is 0.380 e. The third-order valence-electron chi connectivity index (χ3n) is 7.16. The first kappa shape index (κ1) is 33.5. The average molecular weight is 643 g/mol. The van der Waals surface area contributed by atoms with E-state index in [1.807, 2.05) is 0 Å². The van der Waals surface area contributed by atoms with Crippen molar-refractivity contribution >= 4 is 25.4 Å².